The van der Waals surface area contributed by atoms with Crippen LogP contribution in [-0.4, -0.2) is 22.0 Å². The minimum atomic E-state index is -0.402. The summed E-state index contributed by atoms with van der Waals surface area (Å²) in [6, 6.07) is 7.81. The summed E-state index contributed by atoms with van der Waals surface area (Å²) < 4.78 is 0. The SMILES string of the molecule is NC1CC(Nc2c([N+](=O)[O-])cnc3ccccc23)C1. The Morgan fingerprint density at radius 2 is 2.11 bits per heavy atom. The van der Waals surface area contributed by atoms with Gasteiger partial charge in [-0.2, -0.15) is 0 Å². The molecule has 0 saturated heterocycles. The minimum Gasteiger partial charge on any atom is -0.376 e. The second-order valence-electron chi connectivity index (χ2n) is 4.87. The number of nitrogens with two attached hydrogens (primary N) is 1. The van der Waals surface area contributed by atoms with Crippen molar-refractivity contribution in [3.05, 3.63) is 40.6 Å². The molecule has 1 aliphatic rings. The molecule has 0 atom stereocenters. The fraction of sp³-hybridized carbons (Fsp3) is 0.308. The number of aromatic nitrogens is 1. The maximum atomic E-state index is 11.1. The van der Waals surface area contributed by atoms with Crippen molar-refractivity contribution in [2.75, 3.05) is 5.32 Å². The molecule has 0 amide bonds. The van der Waals surface area contributed by atoms with E-state index in [1.165, 1.54) is 6.20 Å². The first kappa shape index (κ1) is 11.9. The summed E-state index contributed by atoms with van der Waals surface area (Å²) in [5, 5.41) is 15.1. The molecule has 1 aliphatic carbocycles. The van der Waals surface area contributed by atoms with E-state index in [-0.39, 0.29) is 17.8 Å². The van der Waals surface area contributed by atoms with Crippen molar-refractivity contribution in [2.45, 2.75) is 24.9 Å². The van der Waals surface area contributed by atoms with Gasteiger partial charge in [-0.1, -0.05) is 18.2 Å². The third kappa shape index (κ3) is 2.10. The summed E-state index contributed by atoms with van der Waals surface area (Å²) in [6.07, 6.45) is 2.99. The van der Waals surface area contributed by atoms with Crippen LogP contribution in [-0.2, 0) is 0 Å². The lowest BCUT2D eigenvalue weighted by atomic mass is 9.87. The molecule has 1 aromatic carbocycles. The molecule has 0 spiro atoms. The molecular formula is C13H14N4O2. The van der Waals surface area contributed by atoms with Crippen molar-refractivity contribution in [3.8, 4) is 0 Å². The molecule has 3 N–H and O–H groups in total. The van der Waals surface area contributed by atoms with Gasteiger partial charge in [-0.05, 0) is 18.9 Å². The molecule has 1 aromatic heterocycles. The lowest BCUT2D eigenvalue weighted by Gasteiger charge is -2.33. The predicted molar refractivity (Wildman–Crippen MR) is 73.0 cm³/mol. The van der Waals surface area contributed by atoms with Gasteiger partial charge in [-0.15, -0.1) is 0 Å². The number of rotatable bonds is 3. The van der Waals surface area contributed by atoms with E-state index in [1.54, 1.807) is 0 Å². The van der Waals surface area contributed by atoms with Crippen molar-refractivity contribution < 1.29 is 4.92 Å². The normalized spacial score (nSPS) is 21.9. The van der Waals surface area contributed by atoms with E-state index in [1.807, 2.05) is 24.3 Å². The molecule has 2 aromatic rings. The van der Waals surface area contributed by atoms with Gasteiger partial charge in [-0.3, -0.25) is 10.1 Å². The number of benzene rings is 1. The Balaban J connectivity index is 2.06. The first-order valence-electron chi connectivity index (χ1n) is 6.19. The van der Waals surface area contributed by atoms with Crippen molar-refractivity contribution in [3.63, 3.8) is 0 Å². The number of para-hydroxylation sites is 1. The van der Waals surface area contributed by atoms with Crippen molar-refractivity contribution in [1.82, 2.24) is 4.98 Å². The standard InChI is InChI=1S/C13H14N4O2/c14-8-5-9(6-8)16-13-10-3-1-2-4-11(10)15-7-12(13)17(18)19/h1-4,7-9H,5-6,14H2,(H,15,16). The van der Waals surface area contributed by atoms with Crippen LogP contribution in [0, 0.1) is 10.1 Å². The van der Waals surface area contributed by atoms with Gasteiger partial charge in [0.05, 0.1) is 10.4 Å². The number of hydrogen-bond acceptors (Lipinski definition) is 5. The highest BCUT2D eigenvalue weighted by atomic mass is 16.6. The quantitative estimate of drug-likeness (QED) is 0.649. The number of nitro groups is 1. The van der Waals surface area contributed by atoms with Crippen LogP contribution in [0.25, 0.3) is 10.9 Å². The minimum absolute atomic E-state index is 0.0131. The number of pyridine rings is 1. The highest BCUT2D eigenvalue weighted by Crippen LogP contribution is 2.34. The van der Waals surface area contributed by atoms with Gasteiger partial charge in [0.2, 0.25) is 0 Å². The number of fused-ring (bicyclic) bond motifs is 1. The molecule has 1 heterocycles. The fourth-order valence-electron chi connectivity index (χ4n) is 2.40. The van der Waals surface area contributed by atoms with Crippen LogP contribution in [0.3, 0.4) is 0 Å². The molecule has 1 saturated carbocycles. The molecule has 6 heteroatoms. The molecule has 1 fully saturated rings. The summed E-state index contributed by atoms with van der Waals surface area (Å²) in [7, 11) is 0. The van der Waals surface area contributed by atoms with Crippen molar-refractivity contribution in [2.24, 2.45) is 5.73 Å². The van der Waals surface area contributed by atoms with Gasteiger partial charge in [0.25, 0.3) is 0 Å². The molecule has 0 bridgehead atoms. The number of nitrogens with zero attached hydrogens (tertiary/aromatic N) is 2. The molecule has 6 nitrogen and oxygen atoms in total. The van der Waals surface area contributed by atoms with Crippen LogP contribution in [0.1, 0.15) is 12.8 Å². The van der Waals surface area contributed by atoms with Crippen LogP contribution in [0.15, 0.2) is 30.5 Å². The van der Waals surface area contributed by atoms with Gasteiger partial charge in [0, 0.05) is 17.5 Å². The van der Waals surface area contributed by atoms with E-state index in [0.717, 1.165) is 23.7 Å². The Morgan fingerprint density at radius 1 is 1.37 bits per heavy atom. The Bertz CT molecular complexity index is 638. The molecule has 19 heavy (non-hydrogen) atoms. The van der Waals surface area contributed by atoms with Crippen LogP contribution < -0.4 is 11.1 Å². The number of anilines is 1. The zero-order chi connectivity index (χ0) is 13.4. The number of hydrogen-bond donors (Lipinski definition) is 2. The Labute approximate surface area is 109 Å². The van der Waals surface area contributed by atoms with E-state index in [9.17, 15) is 10.1 Å². The summed E-state index contributed by atoms with van der Waals surface area (Å²) >= 11 is 0. The topological polar surface area (TPSA) is 94.1 Å². The summed E-state index contributed by atoms with van der Waals surface area (Å²) in [5.41, 5.74) is 7.06. The van der Waals surface area contributed by atoms with E-state index in [0.29, 0.717) is 5.69 Å². The van der Waals surface area contributed by atoms with Crippen LogP contribution >= 0.6 is 0 Å². The second kappa shape index (κ2) is 4.47. The van der Waals surface area contributed by atoms with Crippen LogP contribution in [0.2, 0.25) is 0 Å². The van der Waals surface area contributed by atoms with Gasteiger partial charge in [-0.25, -0.2) is 4.98 Å². The molecule has 0 aliphatic heterocycles. The Hall–Kier alpha value is -2.21. The smallest absolute Gasteiger partial charge is 0.311 e. The highest BCUT2D eigenvalue weighted by molar-refractivity contribution is 5.95. The Kier molecular flexibility index (Phi) is 2.79. The van der Waals surface area contributed by atoms with Gasteiger partial charge < -0.3 is 11.1 Å². The van der Waals surface area contributed by atoms with E-state index >= 15 is 0 Å². The second-order valence-corrected chi connectivity index (χ2v) is 4.87. The lowest BCUT2D eigenvalue weighted by Crippen LogP contribution is -2.44. The zero-order valence-corrected chi connectivity index (χ0v) is 10.2. The molecule has 98 valence electrons. The molecule has 3 rings (SSSR count). The highest BCUT2D eigenvalue weighted by Gasteiger charge is 2.28. The molecule has 0 unspecified atom stereocenters. The lowest BCUT2D eigenvalue weighted by molar-refractivity contribution is -0.384. The first-order chi connectivity index (χ1) is 9.15. The summed E-state index contributed by atoms with van der Waals surface area (Å²) in [5.74, 6) is 0. The summed E-state index contributed by atoms with van der Waals surface area (Å²) in [6.45, 7) is 0. The maximum Gasteiger partial charge on any atom is 0.311 e. The monoisotopic (exact) mass is 258 g/mol. The van der Waals surface area contributed by atoms with Crippen LogP contribution in [0.4, 0.5) is 11.4 Å². The maximum absolute atomic E-state index is 11.1. The third-order valence-electron chi connectivity index (χ3n) is 3.48. The van der Waals surface area contributed by atoms with E-state index in [2.05, 4.69) is 10.3 Å². The predicted octanol–water partition coefficient (Wildman–Crippen LogP) is 2.04. The fourth-order valence-corrected chi connectivity index (χ4v) is 2.40. The largest absolute Gasteiger partial charge is 0.376 e. The molecule has 0 radical (unpaired) electrons. The van der Waals surface area contributed by atoms with Gasteiger partial charge in [0.15, 0.2) is 0 Å². The average Bonchev–Trinajstić information content (AvgIpc) is 2.36. The zero-order valence-electron chi connectivity index (χ0n) is 10.2. The third-order valence-corrected chi connectivity index (χ3v) is 3.48. The number of nitrogens with one attached hydrogen (secondary N) is 1. The first-order valence-corrected chi connectivity index (χ1v) is 6.19. The molecular weight excluding hydrogens is 244 g/mol. The van der Waals surface area contributed by atoms with Crippen molar-refractivity contribution >= 4 is 22.3 Å². The van der Waals surface area contributed by atoms with E-state index < -0.39 is 4.92 Å². The van der Waals surface area contributed by atoms with Crippen molar-refractivity contribution in [1.29, 1.82) is 0 Å². The average molecular weight is 258 g/mol. The van der Waals surface area contributed by atoms with E-state index in [4.69, 9.17) is 5.73 Å². The van der Waals surface area contributed by atoms with Gasteiger partial charge in [0.1, 0.15) is 11.9 Å². The Morgan fingerprint density at radius 3 is 2.79 bits per heavy atom. The van der Waals surface area contributed by atoms with Gasteiger partial charge >= 0.3 is 5.69 Å². The summed E-state index contributed by atoms with van der Waals surface area (Å²) in [4.78, 5) is 14.8. The van der Waals surface area contributed by atoms with Crippen LogP contribution in [0.5, 0.6) is 0 Å².